The largest absolute Gasteiger partial charge is 0.321 e. The molecule has 0 saturated heterocycles. The minimum atomic E-state index is -0.534. The summed E-state index contributed by atoms with van der Waals surface area (Å²) in [6.07, 6.45) is 0. The van der Waals surface area contributed by atoms with E-state index in [2.05, 4.69) is 6.07 Å². The van der Waals surface area contributed by atoms with E-state index in [-0.39, 0.29) is 5.91 Å². The number of benzene rings is 1. The molecule has 0 fully saturated rings. The lowest BCUT2D eigenvalue weighted by atomic mass is 10.1. The van der Waals surface area contributed by atoms with Crippen LogP contribution in [-0.2, 0) is 0 Å². The molecule has 19 heavy (non-hydrogen) atoms. The summed E-state index contributed by atoms with van der Waals surface area (Å²) in [5.74, 6) is -0.139. The summed E-state index contributed by atoms with van der Waals surface area (Å²) < 4.78 is 0. The van der Waals surface area contributed by atoms with Gasteiger partial charge in [-0.15, -0.1) is 11.3 Å². The molecular weight excluding hydrogens is 256 g/mol. The fraction of sp³-hybridized carbons (Fsp3) is 0.200. The summed E-state index contributed by atoms with van der Waals surface area (Å²) in [6, 6.07) is 12.8. The third-order valence-electron chi connectivity index (χ3n) is 2.94. The van der Waals surface area contributed by atoms with Gasteiger partial charge < -0.3 is 4.90 Å². The van der Waals surface area contributed by atoms with Crippen LogP contribution in [0.2, 0.25) is 0 Å². The van der Waals surface area contributed by atoms with E-state index in [0.717, 1.165) is 10.4 Å². The van der Waals surface area contributed by atoms with Gasteiger partial charge in [0.05, 0.1) is 6.07 Å². The number of aryl methyl sites for hydroxylation is 1. The Morgan fingerprint density at radius 3 is 2.53 bits per heavy atom. The van der Waals surface area contributed by atoms with Crippen molar-refractivity contribution in [3.8, 4) is 6.07 Å². The van der Waals surface area contributed by atoms with Gasteiger partial charge in [-0.2, -0.15) is 5.26 Å². The summed E-state index contributed by atoms with van der Waals surface area (Å²) in [6.45, 7) is 1.97. The minimum Gasteiger partial charge on any atom is -0.321 e. The molecule has 0 radical (unpaired) electrons. The molecule has 2 rings (SSSR count). The quantitative estimate of drug-likeness (QED) is 0.858. The molecular formula is C15H14N2OS. The van der Waals surface area contributed by atoms with E-state index in [1.54, 1.807) is 19.2 Å². The first-order chi connectivity index (χ1) is 9.13. The van der Waals surface area contributed by atoms with Crippen molar-refractivity contribution in [2.75, 3.05) is 7.05 Å². The predicted molar refractivity (Wildman–Crippen MR) is 75.9 cm³/mol. The highest BCUT2D eigenvalue weighted by atomic mass is 32.1. The van der Waals surface area contributed by atoms with E-state index in [4.69, 9.17) is 0 Å². The maximum absolute atomic E-state index is 12.3. The van der Waals surface area contributed by atoms with Crippen LogP contribution in [0, 0.1) is 18.3 Å². The first kappa shape index (κ1) is 13.3. The van der Waals surface area contributed by atoms with Crippen molar-refractivity contribution in [1.82, 2.24) is 4.90 Å². The summed E-state index contributed by atoms with van der Waals surface area (Å²) >= 11 is 1.48. The van der Waals surface area contributed by atoms with Crippen molar-refractivity contribution in [3.05, 3.63) is 57.8 Å². The zero-order chi connectivity index (χ0) is 13.8. The van der Waals surface area contributed by atoms with Gasteiger partial charge in [-0.25, -0.2) is 0 Å². The van der Waals surface area contributed by atoms with Crippen LogP contribution >= 0.6 is 11.3 Å². The third kappa shape index (κ3) is 2.83. The number of carbonyl (C=O) groups is 1. The molecule has 0 spiro atoms. The van der Waals surface area contributed by atoms with Gasteiger partial charge in [0.15, 0.2) is 6.04 Å². The van der Waals surface area contributed by atoms with Crippen LogP contribution in [0.1, 0.15) is 26.8 Å². The molecule has 1 aromatic heterocycles. The average Bonchev–Trinajstić information content (AvgIpc) is 2.93. The fourth-order valence-electron chi connectivity index (χ4n) is 1.80. The number of amides is 1. The number of carbonyl (C=O) groups excluding carboxylic acids is 1. The van der Waals surface area contributed by atoms with Crippen LogP contribution in [0.3, 0.4) is 0 Å². The Morgan fingerprint density at radius 2 is 2.00 bits per heavy atom. The van der Waals surface area contributed by atoms with Gasteiger partial charge in [-0.1, -0.05) is 23.8 Å². The van der Waals surface area contributed by atoms with E-state index in [1.807, 2.05) is 36.6 Å². The Labute approximate surface area is 116 Å². The van der Waals surface area contributed by atoms with Crippen LogP contribution < -0.4 is 0 Å². The van der Waals surface area contributed by atoms with Crippen LogP contribution in [0.5, 0.6) is 0 Å². The lowest BCUT2D eigenvalue weighted by Gasteiger charge is -2.22. The summed E-state index contributed by atoms with van der Waals surface area (Å²) in [4.78, 5) is 14.7. The molecule has 3 nitrogen and oxygen atoms in total. The number of hydrogen-bond donors (Lipinski definition) is 0. The predicted octanol–water partition coefficient (Wildman–Crippen LogP) is 3.39. The smallest absolute Gasteiger partial charge is 0.254 e. The van der Waals surface area contributed by atoms with Crippen molar-refractivity contribution in [2.24, 2.45) is 0 Å². The van der Waals surface area contributed by atoms with Gasteiger partial charge in [-0.3, -0.25) is 4.79 Å². The fourth-order valence-corrected chi connectivity index (χ4v) is 2.62. The van der Waals surface area contributed by atoms with Gasteiger partial charge in [0.1, 0.15) is 0 Å². The molecule has 1 amide bonds. The molecule has 1 heterocycles. The van der Waals surface area contributed by atoms with Gasteiger partial charge in [0.25, 0.3) is 5.91 Å². The Balaban J connectivity index is 2.23. The first-order valence-electron chi connectivity index (χ1n) is 5.90. The zero-order valence-electron chi connectivity index (χ0n) is 10.8. The maximum atomic E-state index is 12.3. The average molecular weight is 270 g/mol. The minimum absolute atomic E-state index is 0.139. The monoisotopic (exact) mass is 270 g/mol. The second-order valence-corrected chi connectivity index (χ2v) is 5.31. The van der Waals surface area contributed by atoms with Crippen LogP contribution in [0.15, 0.2) is 41.8 Å². The van der Waals surface area contributed by atoms with Gasteiger partial charge >= 0.3 is 0 Å². The number of nitriles is 1. The number of nitrogens with zero attached hydrogens (tertiary/aromatic N) is 2. The number of rotatable bonds is 3. The SMILES string of the molecule is Cc1ccc(C(=O)N(C)C(C#N)c2cccs2)cc1. The second kappa shape index (κ2) is 5.68. The molecule has 96 valence electrons. The van der Waals surface area contributed by atoms with Gasteiger partial charge in [0.2, 0.25) is 0 Å². The highest BCUT2D eigenvalue weighted by molar-refractivity contribution is 7.10. The molecule has 4 heteroatoms. The van der Waals surface area contributed by atoms with Gasteiger partial charge in [-0.05, 0) is 30.5 Å². The summed E-state index contributed by atoms with van der Waals surface area (Å²) in [5.41, 5.74) is 1.71. The van der Waals surface area contributed by atoms with Crippen LogP contribution in [0.25, 0.3) is 0 Å². The number of thiophene rings is 1. The molecule has 1 aromatic carbocycles. The van der Waals surface area contributed by atoms with E-state index in [9.17, 15) is 10.1 Å². The summed E-state index contributed by atoms with van der Waals surface area (Å²) in [7, 11) is 1.66. The molecule has 2 aromatic rings. The lowest BCUT2D eigenvalue weighted by molar-refractivity contribution is 0.0765. The van der Waals surface area contributed by atoms with Crippen LogP contribution in [-0.4, -0.2) is 17.9 Å². The molecule has 0 aliphatic carbocycles. The molecule has 0 aliphatic rings. The van der Waals surface area contributed by atoms with Crippen molar-refractivity contribution in [1.29, 1.82) is 5.26 Å². The highest BCUT2D eigenvalue weighted by Crippen LogP contribution is 2.24. The van der Waals surface area contributed by atoms with Crippen molar-refractivity contribution in [2.45, 2.75) is 13.0 Å². The highest BCUT2D eigenvalue weighted by Gasteiger charge is 2.23. The normalized spacial score (nSPS) is 11.6. The molecule has 1 atom stereocenters. The van der Waals surface area contributed by atoms with Gasteiger partial charge in [0, 0.05) is 17.5 Å². The zero-order valence-corrected chi connectivity index (χ0v) is 11.6. The Morgan fingerprint density at radius 1 is 1.32 bits per heavy atom. The Hall–Kier alpha value is -2.12. The number of hydrogen-bond acceptors (Lipinski definition) is 3. The van der Waals surface area contributed by atoms with E-state index in [1.165, 1.54) is 16.2 Å². The molecule has 0 aliphatic heterocycles. The van der Waals surface area contributed by atoms with E-state index in [0.29, 0.717) is 5.56 Å². The third-order valence-corrected chi connectivity index (χ3v) is 3.87. The standard InChI is InChI=1S/C15H14N2OS/c1-11-5-7-12(8-6-11)15(18)17(2)13(10-16)14-4-3-9-19-14/h3-9,13H,1-2H3. The van der Waals surface area contributed by atoms with Crippen molar-refractivity contribution < 1.29 is 4.79 Å². The molecule has 1 unspecified atom stereocenters. The maximum Gasteiger partial charge on any atom is 0.254 e. The van der Waals surface area contributed by atoms with Crippen LogP contribution in [0.4, 0.5) is 0 Å². The Bertz CT molecular complexity index is 596. The first-order valence-corrected chi connectivity index (χ1v) is 6.78. The second-order valence-electron chi connectivity index (χ2n) is 4.33. The molecule has 0 saturated carbocycles. The Kier molecular flexibility index (Phi) is 3.98. The summed E-state index contributed by atoms with van der Waals surface area (Å²) in [5, 5.41) is 11.2. The molecule has 0 N–H and O–H groups in total. The lowest BCUT2D eigenvalue weighted by Crippen LogP contribution is -2.30. The van der Waals surface area contributed by atoms with Crippen molar-refractivity contribution >= 4 is 17.2 Å². The van der Waals surface area contributed by atoms with E-state index < -0.39 is 6.04 Å². The van der Waals surface area contributed by atoms with E-state index >= 15 is 0 Å². The topological polar surface area (TPSA) is 44.1 Å². The van der Waals surface area contributed by atoms with Crippen molar-refractivity contribution in [3.63, 3.8) is 0 Å². The molecule has 0 bridgehead atoms.